The van der Waals surface area contributed by atoms with Crippen molar-refractivity contribution in [2.75, 3.05) is 20.3 Å². The molecule has 4 heteroatoms. The molecule has 1 amide bonds. The van der Waals surface area contributed by atoms with Crippen molar-refractivity contribution >= 4 is 5.91 Å². The zero-order valence-electron chi connectivity index (χ0n) is 12.1. The van der Waals surface area contributed by atoms with Crippen molar-refractivity contribution in [3.63, 3.8) is 0 Å². The molecule has 0 aliphatic heterocycles. The largest absolute Gasteiger partial charge is 0.481 e. The Morgan fingerprint density at radius 3 is 2.68 bits per heavy atom. The van der Waals surface area contributed by atoms with Gasteiger partial charge in [0.25, 0.3) is 5.91 Å². The fourth-order valence-corrected chi connectivity index (χ4v) is 1.62. The Hall–Kier alpha value is -1.55. The molecule has 0 aliphatic carbocycles. The molecule has 1 atom stereocenters. The first-order valence-corrected chi connectivity index (χ1v) is 6.58. The molecule has 1 N–H and O–H groups in total. The van der Waals surface area contributed by atoms with Crippen LogP contribution in [0.4, 0.5) is 0 Å². The minimum atomic E-state index is -0.515. The van der Waals surface area contributed by atoms with Gasteiger partial charge in [-0.1, -0.05) is 26.0 Å². The van der Waals surface area contributed by atoms with Crippen LogP contribution in [-0.4, -0.2) is 32.3 Å². The molecule has 1 aromatic rings. The van der Waals surface area contributed by atoms with Gasteiger partial charge in [0.15, 0.2) is 6.10 Å². The smallest absolute Gasteiger partial charge is 0.260 e. The number of ether oxygens (including phenoxy) is 2. The highest BCUT2D eigenvalue weighted by Crippen LogP contribution is 2.20. The summed E-state index contributed by atoms with van der Waals surface area (Å²) in [5.74, 6) is 1.03. The summed E-state index contributed by atoms with van der Waals surface area (Å²) in [5, 5.41) is 2.75. The Kier molecular flexibility index (Phi) is 6.36. The van der Waals surface area contributed by atoms with Crippen LogP contribution < -0.4 is 10.1 Å². The van der Waals surface area contributed by atoms with Gasteiger partial charge >= 0.3 is 0 Å². The van der Waals surface area contributed by atoms with Crippen LogP contribution in [0.15, 0.2) is 24.3 Å². The highest BCUT2D eigenvalue weighted by molar-refractivity contribution is 5.80. The predicted molar refractivity (Wildman–Crippen MR) is 75.5 cm³/mol. The summed E-state index contributed by atoms with van der Waals surface area (Å²) >= 11 is 0. The van der Waals surface area contributed by atoms with Gasteiger partial charge in [-0.05, 0) is 30.5 Å². The summed E-state index contributed by atoms with van der Waals surface area (Å²) in [6, 6.07) is 7.84. The van der Waals surface area contributed by atoms with Crippen LogP contribution in [-0.2, 0) is 9.53 Å². The second kappa shape index (κ2) is 7.79. The molecule has 0 fully saturated rings. The van der Waals surface area contributed by atoms with Crippen molar-refractivity contribution < 1.29 is 14.3 Å². The fraction of sp³-hybridized carbons (Fsp3) is 0.533. The van der Waals surface area contributed by atoms with Crippen molar-refractivity contribution in [2.45, 2.75) is 32.8 Å². The van der Waals surface area contributed by atoms with Crippen molar-refractivity contribution in [1.29, 1.82) is 0 Å². The lowest BCUT2D eigenvalue weighted by Crippen LogP contribution is -2.37. The molecule has 1 unspecified atom stereocenters. The predicted octanol–water partition coefficient (Wildman–Crippen LogP) is 2.34. The number of carbonyl (C=O) groups excluding carboxylic acids is 1. The molecule has 1 aromatic carbocycles. The maximum Gasteiger partial charge on any atom is 0.260 e. The molecule has 0 aliphatic rings. The molecule has 106 valence electrons. The maximum absolute atomic E-state index is 11.7. The number of benzene rings is 1. The summed E-state index contributed by atoms with van der Waals surface area (Å²) in [6.07, 6.45) is -0.515. The van der Waals surface area contributed by atoms with Crippen LogP contribution in [0.2, 0.25) is 0 Å². The molecule has 1 rings (SSSR count). The van der Waals surface area contributed by atoms with Gasteiger partial charge in [-0.3, -0.25) is 4.79 Å². The van der Waals surface area contributed by atoms with Gasteiger partial charge in [0.1, 0.15) is 5.75 Å². The average Bonchev–Trinajstić information content (AvgIpc) is 2.39. The van der Waals surface area contributed by atoms with Gasteiger partial charge in [0.2, 0.25) is 0 Å². The summed E-state index contributed by atoms with van der Waals surface area (Å²) in [6.45, 7) is 6.99. The lowest BCUT2D eigenvalue weighted by molar-refractivity contribution is -0.127. The van der Waals surface area contributed by atoms with Crippen molar-refractivity contribution in [2.24, 2.45) is 0 Å². The number of hydrogen-bond donors (Lipinski definition) is 1. The summed E-state index contributed by atoms with van der Waals surface area (Å²) in [7, 11) is 1.60. The van der Waals surface area contributed by atoms with E-state index in [-0.39, 0.29) is 5.91 Å². The first-order chi connectivity index (χ1) is 9.04. The van der Waals surface area contributed by atoms with E-state index in [2.05, 4.69) is 25.2 Å². The van der Waals surface area contributed by atoms with E-state index in [1.165, 1.54) is 5.56 Å². The molecule has 0 heterocycles. The van der Waals surface area contributed by atoms with E-state index in [9.17, 15) is 4.79 Å². The average molecular weight is 265 g/mol. The highest BCUT2D eigenvalue weighted by Gasteiger charge is 2.14. The Labute approximate surface area is 115 Å². The summed E-state index contributed by atoms with van der Waals surface area (Å²) in [5.41, 5.74) is 1.20. The third kappa shape index (κ3) is 5.30. The minimum absolute atomic E-state index is 0.132. The number of rotatable bonds is 7. The number of carbonyl (C=O) groups is 1. The Morgan fingerprint density at radius 1 is 1.32 bits per heavy atom. The van der Waals surface area contributed by atoms with Crippen LogP contribution in [0.25, 0.3) is 0 Å². The molecule has 0 aromatic heterocycles. The highest BCUT2D eigenvalue weighted by atomic mass is 16.5. The second-order valence-electron chi connectivity index (χ2n) is 4.77. The number of amides is 1. The van der Waals surface area contributed by atoms with Crippen molar-refractivity contribution in [3.05, 3.63) is 29.8 Å². The minimum Gasteiger partial charge on any atom is -0.481 e. The fourth-order valence-electron chi connectivity index (χ4n) is 1.62. The van der Waals surface area contributed by atoms with Gasteiger partial charge in [0, 0.05) is 13.7 Å². The molecular formula is C15H23NO3. The summed E-state index contributed by atoms with van der Waals surface area (Å²) in [4.78, 5) is 11.7. The Bertz CT molecular complexity index is 404. The van der Waals surface area contributed by atoms with Crippen LogP contribution in [0.1, 0.15) is 32.3 Å². The van der Waals surface area contributed by atoms with Crippen molar-refractivity contribution in [3.8, 4) is 5.75 Å². The van der Waals surface area contributed by atoms with E-state index in [0.29, 0.717) is 19.1 Å². The summed E-state index contributed by atoms with van der Waals surface area (Å²) < 4.78 is 10.5. The van der Waals surface area contributed by atoms with E-state index in [4.69, 9.17) is 9.47 Å². The normalized spacial score (nSPS) is 12.3. The Balaban J connectivity index is 2.53. The van der Waals surface area contributed by atoms with Gasteiger partial charge < -0.3 is 14.8 Å². The standard InChI is InChI=1S/C15H23NO3/c1-11(2)13-6-5-7-14(10-13)19-12(3)15(17)16-8-9-18-4/h5-7,10-12H,8-9H2,1-4H3,(H,16,17). The molecule has 0 radical (unpaired) electrons. The topological polar surface area (TPSA) is 47.6 Å². The molecule has 0 spiro atoms. The van der Waals surface area contributed by atoms with Gasteiger partial charge in [-0.15, -0.1) is 0 Å². The van der Waals surface area contributed by atoms with Crippen LogP contribution in [0.3, 0.4) is 0 Å². The number of nitrogens with one attached hydrogen (secondary N) is 1. The van der Waals surface area contributed by atoms with Gasteiger partial charge in [-0.2, -0.15) is 0 Å². The molecule has 19 heavy (non-hydrogen) atoms. The quantitative estimate of drug-likeness (QED) is 0.770. The van der Waals surface area contributed by atoms with Crippen molar-refractivity contribution in [1.82, 2.24) is 5.32 Å². The zero-order chi connectivity index (χ0) is 14.3. The van der Waals surface area contributed by atoms with Crippen LogP contribution in [0.5, 0.6) is 5.75 Å². The SMILES string of the molecule is COCCNC(=O)C(C)Oc1cccc(C(C)C)c1. The van der Waals surface area contributed by atoms with E-state index in [1.54, 1.807) is 14.0 Å². The van der Waals surface area contributed by atoms with Crippen LogP contribution >= 0.6 is 0 Å². The van der Waals surface area contributed by atoms with Gasteiger partial charge in [-0.25, -0.2) is 0 Å². The Morgan fingerprint density at radius 2 is 2.05 bits per heavy atom. The first kappa shape index (κ1) is 15.5. The number of methoxy groups -OCH3 is 1. The molecule has 0 bridgehead atoms. The third-order valence-electron chi connectivity index (χ3n) is 2.81. The molecule has 0 saturated carbocycles. The molecular weight excluding hydrogens is 242 g/mol. The maximum atomic E-state index is 11.7. The van der Waals surface area contributed by atoms with E-state index in [0.717, 1.165) is 5.75 Å². The molecule has 4 nitrogen and oxygen atoms in total. The molecule has 0 saturated heterocycles. The first-order valence-electron chi connectivity index (χ1n) is 6.58. The third-order valence-corrected chi connectivity index (χ3v) is 2.81. The van der Waals surface area contributed by atoms with E-state index in [1.807, 2.05) is 18.2 Å². The van der Waals surface area contributed by atoms with E-state index < -0.39 is 6.10 Å². The van der Waals surface area contributed by atoms with Gasteiger partial charge in [0.05, 0.1) is 6.61 Å². The lowest BCUT2D eigenvalue weighted by atomic mass is 10.0. The second-order valence-corrected chi connectivity index (χ2v) is 4.77. The monoisotopic (exact) mass is 265 g/mol. The van der Waals surface area contributed by atoms with Crippen LogP contribution in [0, 0.1) is 0 Å². The number of hydrogen-bond acceptors (Lipinski definition) is 3. The van der Waals surface area contributed by atoms with E-state index >= 15 is 0 Å². The zero-order valence-corrected chi connectivity index (χ0v) is 12.1. The lowest BCUT2D eigenvalue weighted by Gasteiger charge is -2.16.